The fourth-order valence-electron chi connectivity index (χ4n) is 2.45. The van der Waals surface area contributed by atoms with E-state index in [-0.39, 0.29) is 6.01 Å². The van der Waals surface area contributed by atoms with Gasteiger partial charge in [0.25, 0.3) is 0 Å². The largest absolute Gasteiger partial charge is 0.459 e. The Bertz CT molecular complexity index is 870. The van der Waals surface area contributed by atoms with Crippen LogP contribution in [0.3, 0.4) is 0 Å². The lowest BCUT2D eigenvalue weighted by molar-refractivity contribution is 0.282. The van der Waals surface area contributed by atoms with E-state index >= 15 is 0 Å². The molecule has 26 heavy (non-hydrogen) atoms. The summed E-state index contributed by atoms with van der Waals surface area (Å²) < 4.78 is 5.78. The molecule has 2 heterocycles. The van der Waals surface area contributed by atoms with E-state index in [2.05, 4.69) is 42.8 Å². The fraction of sp³-hybridized carbons (Fsp3) is 0.333. The van der Waals surface area contributed by atoms with Crippen LogP contribution in [0.1, 0.15) is 18.9 Å². The SMILES string of the molecule is CCCNc1nc(NC)c2nc(OCc3ccccc3)nc(NC)c2n1. The lowest BCUT2D eigenvalue weighted by Crippen LogP contribution is -2.10. The molecule has 0 aliphatic heterocycles. The molecule has 2 aromatic heterocycles. The maximum Gasteiger partial charge on any atom is 0.319 e. The first kappa shape index (κ1) is 17.7. The zero-order valence-corrected chi connectivity index (χ0v) is 15.2. The molecule has 0 amide bonds. The molecule has 1 aromatic carbocycles. The number of anilines is 3. The second-order valence-corrected chi connectivity index (χ2v) is 5.65. The summed E-state index contributed by atoms with van der Waals surface area (Å²) in [5.41, 5.74) is 2.29. The third-order valence-electron chi connectivity index (χ3n) is 3.74. The van der Waals surface area contributed by atoms with Gasteiger partial charge >= 0.3 is 6.01 Å². The van der Waals surface area contributed by atoms with Gasteiger partial charge in [-0.05, 0) is 12.0 Å². The summed E-state index contributed by atoms with van der Waals surface area (Å²) in [6.07, 6.45) is 0.984. The molecule has 0 radical (unpaired) electrons. The fourth-order valence-corrected chi connectivity index (χ4v) is 2.45. The second-order valence-electron chi connectivity index (χ2n) is 5.65. The lowest BCUT2D eigenvalue weighted by atomic mass is 10.2. The summed E-state index contributed by atoms with van der Waals surface area (Å²) in [5.74, 6) is 1.76. The molecule has 0 saturated heterocycles. The number of rotatable bonds is 8. The van der Waals surface area contributed by atoms with Gasteiger partial charge in [0.05, 0.1) is 0 Å². The van der Waals surface area contributed by atoms with Crippen LogP contribution in [0.25, 0.3) is 11.0 Å². The van der Waals surface area contributed by atoms with Gasteiger partial charge in [0, 0.05) is 20.6 Å². The van der Waals surface area contributed by atoms with Crippen molar-refractivity contribution in [2.75, 3.05) is 36.6 Å². The Morgan fingerprint density at radius 2 is 1.58 bits per heavy atom. The van der Waals surface area contributed by atoms with Crippen molar-refractivity contribution in [3.8, 4) is 6.01 Å². The highest BCUT2D eigenvalue weighted by atomic mass is 16.5. The molecular weight excluding hydrogens is 330 g/mol. The predicted molar refractivity (Wildman–Crippen MR) is 104 cm³/mol. The van der Waals surface area contributed by atoms with Crippen molar-refractivity contribution >= 4 is 28.6 Å². The molecule has 3 rings (SSSR count). The molecule has 0 atom stereocenters. The Morgan fingerprint density at radius 1 is 0.885 bits per heavy atom. The van der Waals surface area contributed by atoms with Gasteiger partial charge in [0.2, 0.25) is 5.95 Å². The predicted octanol–water partition coefficient (Wildman–Crippen LogP) is 2.90. The second kappa shape index (κ2) is 8.28. The summed E-state index contributed by atoms with van der Waals surface area (Å²) in [5, 5.41) is 9.34. The van der Waals surface area contributed by atoms with Crippen LogP contribution in [0, 0.1) is 0 Å². The summed E-state index contributed by atoms with van der Waals surface area (Å²) in [4.78, 5) is 18.0. The standard InChI is InChI=1S/C18H23N7O/c1-4-10-21-17-22-13-14(15(19-2)24-17)23-18(25-16(13)20-3)26-11-12-8-6-5-7-9-12/h5-9H,4,10-11H2,1-3H3,(H,20,23,25)(H2,19,21,22,24). The number of ether oxygens (including phenoxy) is 1. The van der Waals surface area contributed by atoms with Crippen LogP contribution in [0.15, 0.2) is 30.3 Å². The first-order valence-corrected chi connectivity index (χ1v) is 8.61. The highest BCUT2D eigenvalue weighted by Gasteiger charge is 2.15. The molecule has 3 N–H and O–H groups in total. The zero-order valence-electron chi connectivity index (χ0n) is 15.2. The Labute approximate surface area is 152 Å². The molecule has 0 unspecified atom stereocenters. The van der Waals surface area contributed by atoms with Gasteiger partial charge in [-0.2, -0.15) is 15.0 Å². The molecular formula is C18H23N7O. The van der Waals surface area contributed by atoms with E-state index in [1.54, 1.807) is 14.1 Å². The van der Waals surface area contributed by atoms with E-state index in [9.17, 15) is 0 Å². The van der Waals surface area contributed by atoms with Crippen LogP contribution in [0.4, 0.5) is 17.6 Å². The van der Waals surface area contributed by atoms with E-state index in [1.165, 1.54) is 0 Å². The molecule has 0 fully saturated rings. The Hall–Kier alpha value is -3.16. The molecule has 0 aliphatic carbocycles. The summed E-state index contributed by atoms with van der Waals surface area (Å²) in [6, 6.07) is 10.2. The normalized spacial score (nSPS) is 10.6. The van der Waals surface area contributed by atoms with Gasteiger partial charge in [0.1, 0.15) is 17.6 Å². The van der Waals surface area contributed by atoms with Crippen molar-refractivity contribution in [1.29, 1.82) is 0 Å². The van der Waals surface area contributed by atoms with Crippen molar-refractivity contribution in [3.63, 3.8) is 0 Å². The highest BCUT2D eigenvalue weighted by molar-refractivity contribution is 5.93. The lowest BCUT2D eigenvalue weighted by Gasteiger charge is -2.12. The van der Waals surface area contributed by atoms with E-state index < -0.39 is 0 Å². The van der Waals surface area contributed by atoms with Crippen molar-refractivity contribution in [2.45, 2.75) is 20.0 Å². The maximum absolute atomic E-state index is 5.78. The Kier molecular flexibility index (Phi) is 5.62. The highest BCUT2D eigenvalue weighted by Crippen LogP contribution is 2.27. The van der Waals surface area contributed by atoms with Gasteiger partial charge < -0.3 is 20.7 Å². The van der Waals surface area contributed by atoms with Crippen molar-refractivity contribution in [1.82, 2.24) is 19.9 Å². The molecule has 8 heteroatoms. The minimum atomic E-state index is 0.278. The molecule has 8 nitrogen and oxygen atoms in total. The number of nitrogens with one attached hydrogen (secondary N) is 3. The minimum Gasteiger partial charge on any atom is -0.459 e. The van der Waals surface area contributed by atoms with Gasteiger partial charge in [0.15, 0.2) is 11.6 Å². The molecule has 0 spiro atoms. The van der Waals surface area contributed by atoms with Crippen molar-refractivity contribution in [3.05, 3.63) is 35.9 Å². The first-order chi connectivity index (χ1) is 12.7. The Balaban J connectivity index is 1.96. The summed E-state index contributed by atoms with van der Waals surface area (Å²) in [7, 11) is 3.60. The molecule has 0 bridgehead atoms. The quantitative estimate of drug-likeness (QED) is 0.569. The molecule has 136 valence electrons. The summed E-state index contributed by atoms with van der Waals surface area (Å²) >= 11 is 0. The third-order valence-corrected chi connectivity index (χ3v) is 3.74. The molecule has 3 aromatic rings. The maximum atomic E-state index is 5.78. The van der Waals surface area contributed by atoms with E-state index in [0.717, 1.165) is 18.5 Å². The average molecular weight is 353 g/mol. The number of fused-ring (bicyclic) bond motifs is 1. The molecule has 0 aliphatic rings. The van der Waals surface area contributed by atoms with Crippen LogP contribution < -0.4 is 20.7 Å². The van der Waals surface area contributed by atoms with Crippen molar-refractivity contribution < 1.29 is 4.74 Å². The van der Waals surface area contributed by atoms with E-state index in [0.29, 0.717) is 35.2 Å². The van der Waals surface area contributed by atoms with Crippen LogP contribution in [0.2, 0.25) is 0 Å². The molecule has 0 saturated carbocycles. The van der Waals surface area contributed by atoms with Crippen LogP contribution in [0.5, 0.6) is 6.01 Å². The monoisotopic (exact) mass is 353 g/mol. The first-order valence-electron chi connectivity index (χ1n) is 8.61. The zero-order chi connectivity index (χ0) is 18.4. The van der Waals surface area contributed by atoms with Gasteiger partial charge in [-0.25, -0.2) is 4.98 Å². The number of nitrogens with zero attached hydrogens (tertiary/aromatic N) is 4. The van der Waals surface area contributed by atoms with Crippen LogP contribution >= 0.6 is 0 Å². The number of hydrogen-bond acceptors (Lipinski definition) is 8. The van der Waals surface area contributed by atoms with E-state index in [4.69, 9.17) is 4.74 Å². The minimum absolute atomic E-state index is 0.278. The smallest absolute Gasteiger partial charge is 0.319 e. The number of benzene rings is 1. The van der Waals surface area contributed by atoms with E-state index in [1.807, 2.05) is 30.3 Å². The average Bonchev–Trinajstić information content (AvgIpc) is 2.70. The van der Waals surface area contributed by atoms with Crippen molar-refractivity contribution in [2.24, 2.45) is 0 Å². The number of aromatic nitrogens is 4. The third kappa shape index (κ3) is 3.90. The topological polar surface area (TPSA) is 96.9 Å². The van der Waals surface area contributed by atoms with Gasteiger partial charge in [-0.1, -0.05) is 37.3 Å². The number of hydrogen-bond donors (Lipinski definition) is 3. The van der Waals surface area contributed by atoms with Crippen LogP contribution in [-0.4, -0.2) is 40.6 Å². The summed E-state index contributed by atoms with van der Waals surface area (Å²) in [6.45, 7) is 3.27. The van der Waals surface area contributed by atoms with Gasteiger partial charge in [-0.15, -0.1) is 0 Å². The Morgan fingerprint density at radius 3 is 2.27 bits per heavy atom. The van der Waals surface area contributed by atoms with Crippen LogP contribution in [-0.2, 0) is 6.61 Å². The van der Waals surface area contributed by atoms with Gasteiger partial charge in [-0.3, -0.25) is 0 Å².